The van der Waals surface area contributed by atoms with Gasteiger partial charge in [-0.1, -0.05) is 72.7 Å². The number of nitrogens with one attached hydrogen (secondary N) is 1. The summed E-state index contributed by atoms with van der Waals surface area (Å²) in [6.07, 6.45) is 1.07. The Bertz CT molecular complexity index is 1670. The lowest BCUT2D eigenvalue weighted by molar-refractivity contribution is -0.199. The van der Waals surface area contributed by atoms with Crippen molar-refractivity contribution in [3.8, 4) is 0 Å². The van der Waals surface area contributed by atoms with Crippen molar-refractivity contribution in [1.82, 2.24) is 29.7 Å². The molecule has 2 fully saturated rings. The number of imidazole rings is 1. The van der Waals surface area contributed by atoms with E-state index in [2.05, 4.69) is 56.6 Å². The van der Waals surface area contributed by atoms with E-state index in [9.17, 15) is 0 Å². The smallest absolute Gasteiger partial charge is 0.258 e. The molecule has 5 heterocycles. The minimum Gasteiger partial charge on any atom is -0.367 e. The average molecular weight is 602 g/mol. The zero-order valence-electron chi connectivity index (χ0n) is 24.1. The number of aromatic nitrogens is 6. The first-order valence-corrected chi connectivity index (χ1v) is 14.9. The Morgan fingerprint density at radius 1 is 0.953 bits per heavy atom. The standard InChI is InChI=1S/C31H32ClN7O4/c1-4-11-21-35-28(43-38-21)24-23-25(42-31(2,3)41-23)29(40-24)39-17-34-22-26(36-30(32)37-27(22)39)33-16-20(18-12-7-5-8-13-18)19-14-9-6-10-15-19/h5-10,12-15,17,20,23-25,29H,4,11,16H2,1-3H3,(H,33,36,37)/t23-,24+,25-,29-/m0/s1. The summed E-state index contributed by atoms with van der Waals surface area (Å²) in [5, 5.41) is 7.70. The first kappa shape index (κ1) is 27.9. The molecule has 5 aromatic rings. The Hall–Kier alpha value is -3.90. The summed E-state index contributed by atoms with van der Waals surface area (Å²) in [5.74, 6) is 0.760. The number of nitrogens with zero attached hydrogens (tertiary/aromatic N) is 6. The topological polar surface area (TPSA) is 122 Å². The number of hydrogen-bond donors (Lipinski definition) is 1. The van der Waals surface area contributed by atoms with E-state index in [0.29, 0.717) is 41.7 Å². The summed E-state index contributed by atoms with van der Waals surface area (Å²) in [5.41, 5.74) is 3.44. The third-order valence-electron chi connectivity index (χ3n) is 7.78. The Labute approximate surface area is 253 Å². The maximum Gasteiger partial charge on any atom is 0.258 e. The van der Waals surface area contributed by atoms with Crippen LogP contribution >= 0.6 is 11.6 Å². The van der Waals surface area contributed by atoms with Crippen LogP contribution in [0.2, 0.25) is 5.28 Å². The molecule has 222 valence electrons. The van der Waals surface area contributed by atoms with Crippen molar-refractivity contribution in [1.29, 1.82) is 0 Å². The lowest BCUT2D eigenvalue weighted by Crippen LogP contribution is -2.27. The highest BCUT2D eigenvalue weighted by atomic mass is 35.5. The van der Waals surface area contributed by atoms with Gasteiger partial charge in [0.05, 0.1) is 6.33 Å². The van der Waals surface area contributed by atoms with Crippen LogP contribution in [-0.2, 0) is 20.6 Å². The van der Waals surface area contributed by atoms with Crippen LogP contribution in [0.1, 0.15) is 68.3 Å². The largest absolute Gasteiger partial charge is 0.367 e. The molecular weight excluding hydrogens is 570 g/mol. The number of ether oxygens (including phenoxy) is 3. The number of halogens is 1. The Kier molecular flexibility index (Phi) is 7.34. The Morgan fingerprint density at radius 2 is 1.65 bits per heavy atom. The van der Waals surface area contributed by atoms with Gasteiger partial charge < -0.3 is 24.1 Å². The minimum absolute atomic E-state index is 0.0752. The van der Waals surface area contributed by atoms with Gasteiger partial charge in [0.25, 0.3) is 5.89 Å². The zero-order chi connectivity index (χ0) is 29.6. The quantitative estimate of drug-likeness (QED) is 0.206. The summed E-state index contributed by atoms with van der Waals surface area (Å²) in [4.78, 5) is 18.3. The van der Waals surface area contributed by atoms with Gasteiger partial charge in [-0.05, 0) is 43.0 Å². The molecule has 4 atom stereocenters. The molecule has 2 saturated heterocycles. The maximum absolute atomic E-state index is 6.50. The van der Waals surface area contributed by atoms with Crippen molar-refractivity contribution in [3.05, 3.63) is 95.1 Å². The third-order valence-corrected chi connectivity index (χ3v) is 7.94. The van der Waals surface area contributed by atoms with E-state index in [1.807, 2.05) is 54.8 Å². The molecule has 2 aromatic carbocycles. The molecule has 7 rings (SSSR count). The van der Waals surface area contributed by atoms with Crippen molar-refractivity contribution in [2.45, 2.75) is 69.9 Å². The van der Waals surface area contributed by atoms with E-state index in [4.69, 9.17) is 35.3 Å². The number of anilines is 1. The Balaban J connectivity index is 1.20. The zero-order valence-corrected chi connectivity index (χ0v) is 24.8. The minimum atomic E-state index is -0.832. The van der Waals surface area contributed by atoms with Crippen molar-refractivity contribution in [2.75, 3.05) is 11.9 Å². The van der Waals surface area contributed by atoms with Gasteiger partial charge in [0.15, 0.2) is 40.9 Å². The van der Waals surface area contributed by atoms with Gasteiger partial charge in [-0.15, -0.1) is 0 Å². The second-order valence-corrected chi connectivity index (χ2v) is 11.6. The maximum atomic E-state index is 6.50. The fourth-order valence-electron chi connectivity index (χ4n) is 5.90. The van der Waals surface area contributed by atoms with Crippen molar-refractivity contribution < 1.29 is 18.7 Å². The summed E-state index contributed by atoms with van der Waals surface area (Å²) >= 11 is 6.49. The number of benzene rings is 2. The van der Waals surface area contributed by atoms with Crippen LogP contribution in [0.25, 0.3) is 11.2 Å². The highest BCUT2D eigenvalue weighted by Gasteiger charge is 2.58. The van der Waals surface area contributed by atoms with E-state index in [1.54, 1.807) is 6.33 Å². The summed E-state index contributed by atoms with van der Waals surface area (Å²) in [6.45, 7) is 6.38. The second-order valence-electron chi connectivity index (χ2n) is 11.2. The van der Waals surface area contributed by atoms with Gasteiger partial charge in [0.2, 0.25) is 5.28 Å². The van der Waals surface area contributed by atoms with E-state index in [0.717, 1.165) is 6.42 Å². The molecule has 0 radical (unpaired) electrons. The molecule has 0 amide bonds. The van der Waals surface area contributed by atoms with Gasteiger partial charge in [-0.3, -0.25) is 4.57 Å². The molecule has 2 aliphatic rings. The molecule has 12 heteroatoms. The summed E-state index contributed by atoms with van der Waals surface area (Å²) in [7, 11) is 0. The van der Waals surface area contributed by atoms with Gasteiger partial charge in [0.1, 0.15) is 12.2 Å². The van der Waals surface area contributed by atoms with E-state index < -0.39 is 30.3 Å². The number of hydrogen-bond acceptors (Lipinski definition) is 10. The predicted octanol–water partition coefficient (Wildman–Crippen LogP) is 5.85. The monoisotopic (exact) mass is 601 g/mol. The van der Waals surface area contributed by atoms with Gasteiger partial charge >= 0.3 is 0 Å². The van der Waals surface area contributed by atoms with Crippen LogP contribution in [0.15, 0.2) is 71.5 Å². The molecule has 0 saturated carbocycles. The van der Waals surface area contributed by atoms with Crippen LogP contribution in [-0.4, -0.2) is 54.2 Å². The van der Waals surface area contributed by atoms with Crippen molar-refractivity contribution >= 4 is 28.6 Å². The summed E-state index contributed by atoms with van der Waals surface area (Å²) in [6, 6.07) is 20.7. The third kappa shape index (κ3) is 5.38. The molecule has 0 unspecified atom stereocenters. The van der Waals surface area contributed by atoms with E-state index in [-0.39, 0.29) is 11.2 Å². The molecule has 43 heavy (non-hydrogen) atoms. The fourth-order valence-corrected chi connectivity index (χ4v) is 6.07. The average Bonchev–Trinajstić information content (AvgIpc) is 3.77. The van der Waals surface area contributed by atoms with Crippen LogP contribution < -0.4 is 5.32 Å². The van der Waals surface area contributed by atoms with E-state index in [1.165, 1.54) is 11.1 Å². The highest BCUT2D eigenvalue weighted by Crippen LogP contribution is 2.49. The molecule has 0 spiro atoms. The lowest BCUT2D eigenvalue weighted by atomic mass is 9.91. The van der Waals surface area contributed by atoms with Crippen molar-refractivity contribution in [3.63, 3.8) is 0 Å². The molecular formula is C31H32ClN7O4. The fraction of sp³-hybridized carbons (Fsp3) is 0.387. The predicted molar refractivity (Wildman–Crippen MR) is 159 cm³/mol. The van der Waals surface area contributed by atoms with Gasteiger partial charge in [-0.25, -0.2) is 4.98 Å². The van der Waals surface area contributed by atoms with Crippen LogP contribution in [0, 0.1) is 0 Å². The molecule has 0 aliphatic carbocycles. The highest BCUT2D eigenvalue weighted by molar-refractivity contribution is 6.28. The van der Waals surface area contributed by atoms with Crippen LogP contribution in [0.5, 0.6) is 0 Å². The second kappa shape index (κ2) is 11.3. The SMILES string of the molecule is CCCc1noc([C@@H]2O[C@H](n3cnc4c(NCC(c5ccccc5)c5ccccc5)nc(Cl)nc43)[C@H]3OC(C)(C)O[C@H]32)n1. The van der Waals surface area contributed by atoms with Gasteiger partial charge in [-0.2, -0.15) is 15.0 Å². The lowest BCUT2D eigenvalue weighted by Gasteiger charge is -2.24. The van der Waals surface area contributed by atoms with Crippen LogP contribution in [0.4, 0.5) is 5.82 Å². The first-order valence-electron chi connectivity index (χ1n) is 14.5. The molecule has 2 aliphatic heterocycles. The molecule has 0 bridgehead atoms. The Morgan fingerprint density at radius 3 is 2.35 bits per heavy atom. The molecule has 3 aromatic heterocycles. The first-order chi connectivity index (χ1) is 20.9. The van der Waals surface area contributed by atoms with Gasteiger partial charge in [0, 0.05) is 18.9 Å². The van der Waals surface area contributed by atoms with E-state index >= 15 is 0 Å². The normalized spacial score (nSPS) is 22.8. The number of rotatable bonds is 9. The van der Waals surface area contributed by atoms with Crippen molar-refractivity contribution in [2.24, 2.45) is 0 Å². The number of fused-ring (bicyclic) bond motifs is 2. The number of aryl methyl sites for hydroxylation is 1. The summed E-state index contributed by atoms with van der Waals surface area (Å²) < 4.78 is 26.5. The molecule has 1 N–H and O–H groups in total. The molecule has 11 nitrogen and oxygen atoms in total. The van der Waals surface area contributed by atoms with Crippen LogP contribution in [0.3, 0.4) is 0 Å².